The molecule has 1 heterocycles. The molecule has 0 fully saturated rings. The molecule has 9 heteroatoms. The van der Waals surface area contributed by atoms with Crippen LogP contribution in [0, 0.1) is 0 Å². The van der Waals surface area contributed by atoms with Crippen LogP contribution in [0.4, 0.5) is 22.0 Å². The van der Waals surface area contributed by atoms with Crippen LogP contribution in [0.2, 0.25) is 5.15 Å². The van der Waals surface area contributed by atoms with E-state index in [0.717, 1.165) is 17.2 Å². The number of halogens is 1. The molecular weight excluding hydrogens is 478 g/mol. The SMILES string of the molecule is C.CC.CC.CC(C)(C)OC(N)=O.CNc1ncnc(Cl)c1Nc1ccc(Oc2ccccc2)cc1. The highest BCUT2D eigenvalue weighted by molar-refractivity contribution is 6.32. The number of anilines is 3. The van der Waals surface area contributed by atoms with Gasteiger partial charge in [0.25, 0.3) is 0 Å². The van der Waals surface area contributed by atoms with Gasteiger partial charge in [-0.2, -0.15) is 0 Å². The molecule has 0 radical (unpaired) electrons. The molecule has 0 aliphatic heterocycles. The maximum Gasteiger partial charge on any atom is 0.405 e. The number of carbonyl (C=O) groups excluding carboxylic acids is 1. The first kappa shape index (κ1) is 34.6. The monoisotopic (exact) mass is 519 g/mol. The largest absolute Gasteiger partial charge is 0.457 e. The molecule has 0 unspecified atom stereocenters. The normalized spacial score (nSPS) is 9.25. The molecule has 0 aliphatic carbocycles. The fraction of sp³-hybridized carbons (Fsp3) is 0.370. The van der Waals surface area contributed by atoms with Crippen LogP contribution in [0.1, 0.15) is 55.9 Å². The summed E-state index contributed by atoms with van der Waals surface area (Å²) in [5.74, 6) is 2.19. The summed E-state index contributed by atoms with van der Waals surface area (Å²) in [6, 6.07) is 17.2. The smallest absolute Gasteiger partial charge is 0.405 e. The van der Waals surface area contributed by atoms with Crippen LogP contribution >= 0.6 is 11.6 Å². The summed E-state index contributed by atoms with van der Waals surface area (Å²) in [7, 11) is 1.78. The van der Waals surface area contributed by atoms with E-state index in [1.807, 2.05) is 82.3 Å². The zero-order valence-corrected chi connectivity index (χ0v) is 22.6. The number of aromatic nitrogens is 2. The summed E-state index contributed by atoms with van der Waals surface area (Å²) >= 11 is 6.12. The predicted molar refractivity (Wildman–Crippen MR) is 153 cm³/mol. The Hall–Kier alpha value is -3.52. The maximum atomic E-state index is 10.0. The van der Waals surface area contributed by atoms with E-state index < -0.39 is 11.7 Å². The van der Waals surface area contributed by atoms with Crippen LogP contribution in [0.15, 0.2) is 60.9 Å². The molecule has 0 saturated heterocycles. The Balaban J connectivity index is 0. The molecule has 200 valence electrons. The number of carbonyl (C=O) groups is 1. The van der Waals surface area contributed by atoms with Gasteiger partial charge in [0.15, 0.2) is 11.0 Å². The number of para-hydroxylation sites is 1. The second-order valence-electron chi connectivity index (χ2n) is 7.24. The number of nitrogens with two attached hydrogens (primary N) is 1. The van der Waals surface area contributed by atoms with Gasteiger partial charge in [-0.05, 0) is 57.2 Å². The van der Waals surface area contributed by atoms with Crippen molar-refractivity contribution in [1.29, 1.82) is 0 Å². The number of rotatable bonds is 5. The highest BCUT2D eigenvalue weighted by atomic mass is 35.5. The number of nitrogens with one attached hydrogen (secondary N) is 2. The van der Waals surface area contributed by atoms with E-state index in [1.165, 1.54) is 6.33 Å². The van der Waals surface area contributed by atoms with E-state index in [1.54, 1.807) is 27.8 Å². The fourth-order valence-electron chi connectivity index (χ4n) is 2.34. The number of nitrogens with zero attached hydrogens (tertiary/aromatic N) is 2. The van der Waals surface area contributed by atoms with Gasteiger partial charge in [0.2, 0.25) is 0 Å². The minimum Gasteiger partial charge on any atom is -0.457 e. The standard InChI is InChI=1S/C17H15ClN4O.C5H11NO2.2C2H6.CH4/c1-19-17-15(16(18)20-11-21-17)22-12-7-9-14(10-8-12)23-13-5-3-2-4-6-13;1-5(2,3)8-4(6)7;2*1-2;/h2-11,22H,1H3,(H,19,20,21);1-3H3,(H2,6,7);2*1-2H3;1H4. The highest BCUT2D eigenvalue weighted by Crippen LogP contribution is 2.30. The number of ether oxygens (including phenoxy) is 2. The van der Waals surface area contributed by atoms with Gasteiger partial charge in [-0.15, -0.1) is 0 Å². The molecule has 3 aromatic rings. The fourth-order valence-corrected chi connectivity index (χ4v) is 2.52. The lowest BCUT2D eigenvalue weighted by atomic mass is 10.2. The predicted octanol–water partition coefficient (Wildman–Crippen LogP) is 8.28. The molecule has 0 aliphatic rings. The Morgan fingerprint density at radius 1 is 0.917 bits per heavy atom. The molecule has 1 amide bonds. The summed E-state index contributed by atoms with van der Waals surface area (Å²) in [4.78, 5) is 18.1. The minimum atomic E-state index is -0.725. The zero-order chi connectivity index (χ0) is 26.9. The van der Waals surface area contributed by atoms with E-state index in [-0.39, 0.29) is 7.43 Å². The van der Waals surface area contributed by atoms with Crippen LogP contribution < -0.4 is 21.1 Å². The Morgan fingerprint density at radius 3 is 1.89 bits per heavy atom. The van der Waals surface area contributed by atoms with E-state index in [4.69, 9.17) is 22.1 Å². The first-order valence-electron chi connectivity index (χ1n) is 11.4. The summed E-state index contributed by atoms with van der Waals surface area (Å²) < 4.78 is 10.3. The average molecular weight is 520 g/mol. The Kier molecular flexibility index (Phi) is 18.1. The van der Waals surface area contributed by atoms with Crippen molar-refractivity contribution < 1.29 is 14.3 Å². The van der Waals surface area contributed by atoms with Gasteiger partial charge in [-0.25, -0.2) is 14.8 Å². The lowest BCUT2D eigenvalue weighted by Gasteiger charge is -2.16. The number of amides is 1. The van der Waals surface area contributed by atoms with E-state index in [0.29, 0.717) is 16.7 Å². The van der Waals surface area contributed by atoms with Gasteiger partial charge in [-0.3, -0.25) is 0 Å². The van der Waals surface area contributed by atoms with Crippen LogP contribution in [-0.4, -0.2) is 28.7 Å². The maximum absolute atomic E-state index is 10.0. The number of benzene rings is 2. The molecule has 4 N–H and O–H groups in total. The molecule has 1 aromatic heterocycles. The summed E-state index contributed by atoms with van der Waals surface area (Å²) in [5.41, 5.74) is 5.76. The quantitative estimate of drug-likeness (QED) is 0.291. The molecule has 2 aromatic carbocycles. The summed E-state index contributed by atoms with van der Waals surface area (Å²) in [6.07, 6.45) is 0.688. The van der Waals surface area contributed by atoms with Gasteiger partial charge in [0, 0.05) is 12.7 Å². The van der Waals surface area contributed by atoms with Crippen molar-refractivity contribution in [2.75, 3.05) is 17.7 Å². The number of hydrogen-bond donors (Lipinski definition) is 3. The van der Waals surface area contributed by atoms with Crippen molar-refractivity contribution in [3.63, 3.8) is 0 Å². The lowest BCUT2D eigenvalue weighted by molar-refractivity contribution is 0.0600. The summed E-state index contributed by atoms with van der Waals surface area (Å²) in [6.45, 7) is 13.3. The third-order valence-corrected chi connectivity index (χ3v) is 3.83. The Bertz CT molecular complexity index is 979. The van der Waals surface area contributed by atoms with Crippen molar-refractivity contribution in [3.05, 3.63) is 66.1 Å². The zero-order valence-electron chi connectivity index (χ0n) is 21.8. The molecule has 8 nitrogen and oxygen atoms in total. The van der Waals surface area contributed by atoms with Crippen molar-refractivity contribution in [3.8, 4) is 11.5 Å². The molecule has 36 heavy (non-hydrogen) atoms. The van der Waals surface area contributed by atoms with Gasteiger partial charge in [-0.1, -0.05) is 64.9 Å². The second kappa shape index (κ2) is 18.8. The minimum absolute atomic E-state index is 0. The van der Waals surface area contributed by atoms with Crippen LogP contribution in [0.3, 0.4) is 0 Å². The average Bonchev–Trinajstić information content (AvgIpc) is 2.83. The molecule has 0 atom stereocenters. The number of primary amides is 1. The number of hydrogen-bond acceptors (Lipinski definition) is 7. The molecule has 0 bridgehead atoms. The third-order valence-electron chi connectivity index (χ3n) is 3.55. The van der Waals surface area contributed by atoms with Crippen LogP contribution in [0.5, 0.6) is 11.5 Å². The highest BCUT2D eigenvalue weighted by Gasteiger charge is 2.12. The second-order valence-corrected chi connectivity index (χ2v) is 7.59. The lowest BCUT2D eigenvalue weighted by Crippen LogP contribution is -2.27. The first-order valence-corrected chi connectivity index (χ1v) is 11.8. The Labute approximate surface area is 221 Å². The van der Waals surface area contributed by atoms with Crippen molar-refractivity contribution in [2.24, 2.45) is 5.73 Å². The molecular formula is C27H42ClN5O3. The Morgan fingerprint density at radius 2 is 1.44 bits per heavy atom. The van der Waals surface area contributed by atoms with E-state index in [9.17, 15) is 4.79 Å². The van der Waals surface area contributed by atoms with Crippen LogP contribution in [0.25, 0.3) is 0 Å². The van der Waals surface area contributed by atoms with Crippen LogP contribution in [-0.2, 0) is 4.74 Å². The molecule has 3 rings (SSSR count). The third kappa shape index (κ3) is 14.0. The van der Waals surface area contributed by atoms with E-state index >= 15 is 0 Å². The van der Waals surface area contributed by atoms with Gasteiger partial charge < -0.3 is 25.8 Å². The summed E-state index contributed by atoms with van der Waals surface area (Å²) in [5, 5.41) is 6.54. The van der Waals surface area contributed by atoms with Crippen molar-refractivity contribution >= 4 is 34.9 Å². The van der Waals surface area contributed by atoms with Gasteiger partial charge in [0.1, 0.15) is 29.1 Å². The van der Waals surface area contributed by atoms with E-state index in [2.05, 4.69) is 25.3 Å². The topological polar surface area (TPSA) is 111 Å². The van der Waals surface area contributed by atoms with Gasteiger partial charge in [0.05, 0.1) is 0 Å². The first-order chi connectivity index (χ1) is 16.7. The molecule has 0 saturated carbocycles. The van der Waals surface area contributed by atoms with Crippen molar-refractivity contribution in [2.45, 2.75) is 61.5 Å². The molecule has 0 spiro atoms. The van der Waals surface area contributed by atoms with Gasteiger partial charge >= 0.3 is 6.09 Å². The van der Waals surface area contributed by atoms with Crippen molar-refractivity contribution in [1.82, 2.24) is 9.97 Å².